The van der Waals surface area contributed by atoms with Gasteiger partial charge in [0.2, 0.25) is 5.91 Å². The third kappa shape index (κ3) is 5.51. The van der Waals surface area contributed by atoms with Crippen LogP contribution in [0.5, 0.6) is 5.75 Å². The molecule has 29 heavy (non-hydrogen) atoms. The molecule has 2 aromatic rings. The number of rotatable bonds is 7. The van der Waals surface area contributed by atoms with Crippen LogP contribution in [0.3, 0.4) is 0 Å². The minimum atomic E-state index is -0.667. The lowest BCUT2D eigenvalue weighted by molar-refractivity contribution is -0.141. The number of likely N-dealkylation sites (tertiary alicyclic amines) is 1. The second-order valence-electron chi connectivity index (χ2n) is 7.70. The quantitative estimate of drug-likeness (QED) is 0.688. The molecule has 1 unspecified atom stereocenters. The molecule has 2 aromatic carbocycles. The molecule has 6 heteroatoms. The van der Waals surface area contributed by atoms with Crippen molar-refractivity contribution in [3.63, 3.8) is 0 Å². The summed E-state index contributed by atoms with van der Waals surface area (Å²) in [6, 6.07) is 13.9. The van der Waals surface area contributed by atoms with Gasteiger partial charge in [0, 0.05) is 18.7 Å². The molecule has 1 heterocycles. The van der Waals surface area contributed by atoms with Crippen molar-refractivity contribution >= 4 is 29.1 Å². The average molecular weight is 415 g/mol. The zero-order valence-electron chi connectivity index (χ0n) is 16.9. The predicted octanol–water partition coefficient (Wildman–Crippen LogP) is 5.07. The summed E-state index contributed by atoms with van der Waals surface area (Å²) in [4.78, 5) is 27.4. The summed E-state index contributed by atoms with van der Waals surface area (Å²) in [5, 5.41) is 3.36. The van der Waals surface area contributed by atoms with Crippen molar-refractivity contribution < 1.29 is 14.3 Å². The minimum absolute atomic E-state index is 0.00992. The van der Waals surface area contributed by atoms with Gasteiger partial charge in [-0.05, 0) is 42.5 Å². The van der Waals surface area contributed by atoms with E-state index in [1.54, 1.807) is 23.1 Å². The van der Waals surface area contributed by atoms with E-state index >= 15 is 0 Å². The lowest BCUT2D eigenvalue weighted by Gasteiger charge is -2.34. The Balaban J connectivity index is 1.79. The van der Waals surface area contributed by atoms with Gasteiger partial charge in [0.05, 0.1) is 11.6 Å². The highest BCUT2D eigenvalue weighted by Gasteiger charge is 2.32. The standard InChI is InChI=1S/C23H27ClN2O3/c1-16(2)15-29-20-12-11-18(14-19(20)24)25-23(28)22(17-8-4-3-5-9-17)26-13-7-6-10-21(26)27/h3-5,8-9,11-12,14,16,22H,6-7,10,13,15H2,1-2H3,(H,25,28). The van der Waals surface area contributed by atoms with Crippen LogP contribution < -0.4 is 10.1 Å². The van der Waals surface area contributed by atoms with Gasteiger partial charge in [-0.15, -0.1) is 0 Å². The third-order valence-corrected chi connectivity index (χ3v) is 5.10. The number of amides is 2. The Morgan fingerprint density at radius 1 is 1.17 bits per heavy atom. The Bertz CT molecular complexity index is 854. The molecule has 0 bridgehead atoms. The minimum Gasteiger partial charge on any atom is -0.492 e. The Hall–Kier alpha value is -2.53. The molecule has 1 atom stereocenters. The van der Waals surface area contributed by atoms with Crippen LogP contribution in [0, 0.1) is 5.92 Å². The highest BCUT2D eigenvalue weighted by Crippen LogP contribution is 2.30. The van der Waals surface area contributed by atoms with Gasteiger partial charge < -0.3 is 15.0 Å². The van der Waals surface area contributed by atoms with Gasteiger partial charge in [-0.1, -0.05) is 55.8 Å². The van der Waals surface area contributed by atoms with Crippen molar-refractivity contribution in [3.8, 4) is 5.75 Å². The van der Waals surface area contributed by atoms with Crippen molar-refractivity contribution in [1.82, 2.24) is 4.90 Å². The number of nitrogens with one attached hydrogen (secondary N) is 1. The van der Waals surface area contributed by atoms with Crippen LogP contribution in [0.1, 0.15) is 44.7 Å². The van der Waals surface area contributed by atoms with Gasteiger partial charge in [-0.2, -0.15) is 0 Å². The van der Waals surface area contributed by atoms with Crippen LogP contribution in [0.4, 0.5) is 5.69 Å². The average Bonchev–Trinajstić information content (AvgIpc) is 2.70. The smallest absolute Gasteiger partial charge is 0.251 e. The molecule has 5 nitrogen and oxygen atoms in total. The Labute approximate surface area is 177 Å². The number of piperidine rings is 1. The van der Waals surface area contributed by atoms with E-state index in [4.69, 9.17) is 16.3 Å². The summed E-state index contributed by atoms with van der Waals surface area (Å²) in [5.74, 6) is 0.734. The van der Waals surface area contributed by atoms with Gasteiger partial charge in [-0.25, -0.2) is 0 Å². The predicted molar refractivity (Wildman–Crippen MR) is 115 cm³/mol. The van der Waals surface area contributed by atoms with Gasteiger partial charge in [0.1, 0.15) is 11.8 Å². The lowest BCUT2D eigenvalue weighted by atomic mass is 10.0. The fourth-order valence-electron chi connectivity index (χ4n) is 3.37. The molecule has 1 fully saturated rings. The van der Waals surface area contributed by atoms with Crippen LogP contribution >= 0.6 is 11.6 Å². The highest BCUT2D eigenvalue weighted by molar-refractivity contribution is 6.32. The van der Waals surface area contributed by atoms with E-state index in [1.807, 2.05) is 30.3 Å². The van der Waals surface area contributed by atoms with Crippen molar-refractivity contribution in [2.24, 2.45) is 5.92 Å². The fourth-order valence-corrected chi connectivity index (χ4v) is 3.61. The van der Waals surface area contributed by atoms with Crippen LogP contribution in [0.15, 0.2) is 48.5 Å². The first-order valence-electron chi connectivity index (χ1n) is 10.0. The van der Waals surface area contributed by atoms with Gasteiger partial charge in [0.25, 0.3) is 5.91 Å². The third-order valence-electron chi connectivity index (χ3n) is 4.81. The van der Waals surface area contributed by atoms with Crippen molar-refractivity contribution in [2.75, 3.05) is 18.5 Å². The summed E-state index contributed by atoms with van der Waals surface area (Å²) in [6.45, 7) is 5.27. The molecule has 2 amide bonds. The maximum atomic E-state index is 13.2. The van der Waals surface area contributed by atoms with E-state index < -0.39 is 6.04 Å². The summed E-state index contributed by atoms with van der Waals surface area (Å²) >= 11 is 6.32. The number of carbonyl (C=O) groups excluding carboxylic acids is 2. The van der Waals surface area contributed by atoms with Gasteiger partial charge in [0.15, 0.2) is 0 Å². The number of hydrogen-bond donors (Lipinski definition) is 1. The van der Waals surface area contributed by atoms with Crippen molar-refractivity contribution in [2.45, 2.75) is 39.2 Å². The summed E-state index contributed by atoms with van der Waals surface area (Å²) < 4.78 is 5.69. The van der Waals surface area contributed by atoms with Crippen LogP contribution in [0.2, 0.25) is 5.02 Å². The number of benzene rings is 2. The molecule has 1 saturated heterocycles. The van der Waals surface area contributed by atoms with E-state index in [-0.39, 0.29) is 11.8 Å². The van der Waals surface area contributed by atoms with E-state index in [0.29, 0.717) is 41.9 Å². The summed E-state index contributed by atoms with van der Waals surface area (Å²) in [5.41, 5.74) is 1.37. The van der Waals surface area contributed by atoms with Crippen LogP contribution in [0.25, 0.3) is 0 Å². The second kappa shape index (κ2) is 9.79. The molecule has 0 aromatic heterocycles. The Kier molecular flexibility index (Phi) is 7.15. The van der Waals surface area contributed by atoms with Crippen molar-refractivity contribution in [1.29, 1.82) is 0 Å². The molecular weight excluding hydrogens is 388 g/mol. The first-order valence-corrected chi connectivity index (χ1v) is 10.4. The molecular formula is C23H27ClN2O3. The van der Waals surface area contributed by atoms with Crippen LogP contribution in [-0.2, 0) is 9.59 Å². The fraction of sp³-hybridized carbons (Fsp3) is 0.391. The first-order chi connectivity index (χ1) is 14.0. The molecule has 3 rings (SSSR count). The second-order valence-corrected chi connectivity index (χ2v) is 8.10. The van der Waals surface area contributed by atoms with E-state index in [9.17, 15) is 9.59 Å². The number of anilines is 1. The Morgan fingerprint density at radius 3 is 2.59 bits per heavy atom. The zero-order valence-corrected chi connectivity index (χ0v) is 17.6. The van der Waals surface area contributed by atoms with Gasteiger partial charge >= 0.3 is 0 Å². The van der Waals surface area contributed by atoms with E-state index in [0.717, 1.165) is 18.4 Å². The van der Waals surface area contributed by atoms with E-state index in [1.165, 1.54) is 0 Å². The lowest BCUT2D eigenvalue weighted by Crippen LogP contribution is -2.43. The summed E-state index contributed by atoms with van der Waals surface area (Å²) in [7, 11) is 0. The molecule has 0 saturated carbocycles. The zero-order chi connectivity index (χ0) is 20.8. The molecule has 1 aliphatic rings. The number of nitrogens with zero attached hydrogens (tertiary/aromatic N) is 1. The first kappa shape index (κ1) is 21.2. The molecule has 1 N–H and O–H groups in total. The van der Waals surface area contributed by atoms with Gasteiger partial charge in [-0.3, -0.25) is 9.59 Å². The molecule has 0 aliphatic carbocycles. The topological polar surface area (TPSA) is 58.6 Å². The monoisotopic (exact) mass is 414 g/mol. The summed E-state index contributed by atoms with van der Waals surface area (Å²) in [6.07, 6.45) is 2.24. The number of ether oxygens (including phenoxy) is 1. The highest BCUT2D eigenvalue weighted by atomic mass is 35.5. The molecule has 154 valence electrons. The number of halogens is 1. The normalized spacial score (nSPS) is 15.3. The van der Waals surface area contributed by atoms with Crippen molar-refractivity contribution in [3.05, 3.63) is 59.1 Å². The maximum absolute atomic E-state index is 13.2. The largest absolute Gasteiger partial charge is 0.492 e. The molecule has 0 radical (unpaired) electrons. The van der Waals surface area contributed by atoms with E-state index in [2.05, 4.69) is 19.2 Å². The Morgan fingerprint density at radius 2 is 1.93 bits per heavy atom. The molecule has 0 spiro atoms. The number of carbonyl (C=O) groups is 2. The SMILES string of the molecule is CC(C)COc1ccc(NC(=O)C(c2ccccc2)N2CCCCC2=O)cc1Cl. The van der Waals surface area contributed by atoms with Crippen LogP contribution in [-0.4, -0.2) is 29.9 Å². The molecule has 1 aliphatic heterocycles. The maximum Gasteiger partial charge on any atom is 0.251 e. The number of hydrogen-bond acceptors (Lipinski definition) is 3.